The van der Waals surface area contributed by atoms with E-state index in [-0.39, 0.29) is 0 Å². The highest BCUT2D eigenvalue weighted by Gasteiger charge is 2.12. The van der Waals surface area contributed by atoms with Crippen molar-refractivity contribution in [2.24, 2.45) is 5.92 Å². The average molecular weight is 222 g/mol. The Labute approximate surface area is 95.6 Å². The van der Waals surface area contributed by atoms with Crippen molar-refractivity contribution in [3.05, 3.63) is 24.3 Å². The molecule has 1 aliphatic rings. The molecule has 0 amide bonds. The Balaban J connectivity index is 1.79. The van der Waals surface area contributed by atoms with E-state index >= 15 is 0 Å². The second-order valence-corrected chi connectivity index (χ2v) is 5.17. The highest BCUT2D eigenvalue weighted by Crippen LogP contribution is 2.25. The molecule has 0 unspecified atom stereocenters. The second kappa shape index (κ2) is 5.42. The van der Waals surface area contributed by atoms with Crippen molar-refractivity contribution in [1.82, 2.24) is 5.32 Å². The third-order valence-electron chi connectivity index (χ3n) is 2.82. The molecule has 1 fully saturated rings. The van der Waals surface area contributed by atoms with E-state index in [9.17, 15) is 0 Å². The van der Waals surface area contributed by atoms with Gasteiger partial charge in [0.05, 0.1) is 0 Å². The van der Waals surface area contributed by atoms with E-state index < -0.39 is 0 Å². The lowest BCUT2D eigenvalue weighted by molar-refractivity contribution is 0.408. The molecule has 15 heavy (non-hydrogen) atoms. The number of hydrogen-bond donors (Lipinski definition) is 2. The van der Waals surface area contributed by atoms with Gasteiger partial charge in [-0.2, -0.15) is 0 Å². The number of anilines is 1. The number of piperidine rings is 1. The third-order valence-corrected chi connectivity index (χ3v) is 4.07. The highest BCUT2D eigenvalue weighted by molar-refractivity contribution is 7.99. The maximum Gasteiger partial charge on any atom is 0.0314 e. The summed E-state index contributed by atoms with van der Waals surface area (Å²) in [6, 6.07) is 8.18. The van der Waals surface area contributed by atoms with Crippen LogP contribution in [0.3, 0.4) is 0 Å². The summed E-state index contributed by atoms with van der Waals surface area (Å²) in [5, 5.41) is 3.39. The minimum absolute atomic E-state index is 0.848. The first-order valence-corrected chi connectivity index (χ1v) is 6.52. The fourth-order valence-corrected chi connectivity index (χ4v) is 2.92. The number of nitrogens with one attached hydrogen (secondary N) is 1. The molecule has 1 heterocycles. The van der Waals surface area contributed by atoms with Gasteiger partial charge in [0.25, 0.3) is 0 Å². The zero-order chi connectivity index (χ0) is 10.5. The molecule has 0 spiro atoms. The monoisotopic (exact) mass is 222 g/mol. The minimum atomic E-state index is 0.848. The van der Waals surface area contributed by atoms with Crippen LogP contribution in [0.25, 0.3) is 0 Å². The summed E-state index contributed by atoms with van der Waals surface area (Å²) in [5.41, 5.74) is 6.50. The Morgan fingerprint density at radius 2 is 1.87 bits per heavy atom. The van der Waals surface area contributed by atoms with Crippen molar-refractivity contribution in [3.63, 3.8) is 0 Å². The van der Waals surface area contributed by atoms with E-state index in [0.29, 0.717) is 0 Å². The quantitative estimate of drug-likeness (QED) is 0.609. The third kappa shape index (κ3) is 3.43. The van der Waals surface area contributed by atoms with Crippen LogP contribution in [0.4, 0.5) is 5.69 Å². The van der Waals surface area contributed by atoms with Gasteiger partial charge < -0.3 is 11.1 Å². The number of benzene rings is 1. The van der Waals surface area contributed by atoms with Gasteiger partial charge in [0.2, 0.25) is 0 Å². The number of thioether (sulfide) groups is 1. The summed E-state index contributed by atoms with van der Waals surface area (Å²) in [6.45, 7) is 2.37. The zero-order valence-corrected chi connectivity index (χ0v) is 9.72. The van der Waals surface area contributed by atoms with Crippen molar-refractivity contribution >= 4 is 17.4 Å². The van der Waals surface area contributed by atoms with E-state index in [4.69, 9.17) is 5.73 Å². The Hall–Kier alpha value is -0.670. The summed E-state index contributed by atoms with van der Waals surface area (Å²) in [7, 11) is 0. The van der Waals surface area contributed by atoms with E-state index in [1.165, 1.54) is 36.6 Å². The van der Waals surface area contributed by atoms with Crippen LogP contribution in [-0.4, -0.2) is 18.8 Å². The van der Waals surface area contributed by atoms with Crippen LogP contribution in [0.5, 0.6) is 0 Å². The standard InChI is InChI=1S/C12H18N2S/c13-11-1-3-12(4-2-11)15-9-10-5-7-14-8-6-10/h1-4,10,14H,5-9,13H2. The molecule has 2 nitrogen and oxygen atoms in total. The highest BCUT2D eigenvalue weighted by atomic mass is 32.2. The maximum atomic E-state index is 5.65. The van der Waals surface area contributed by atoms with Crippen LogP contribution in [0.2, 0.25) is 0 Å². The van der Waals surface area contributed by atoms with Crippen molar-refractivity contribution in [2.45, 2.75) is 17.7 Å². The summed E-state index contributed by atoms with van der Waals surface area (Å²) in [4.78, 5) is 1.34. The van der Waals surface area contributed by atoms with E-state index in [1.54, 1.807) is 0 Å². The predicted octanol–water partition coefficient (Wildman–Crippen LogP) is 2.36. The smallest absolute Gasteiger partial charge is 0.0314 e. The summed E-state index contributed by atoms with van der Waals surface area (Å²) in [5.74, 6) is 2.12. The van der Waals surface area contributed by atoms with Crippen LogP contribution >= 0.6 is 11.8 Å². The van der Waals surface area contributed by atoms with Crippen LogP contribution in [0.15, 0.2) is 29.2 Å². The Morgan fingerprint density at radius 1 is 1.20 bits per heavy atom. The number of hydrogen-bond acceptors (Lipinski definition) is 3. The Kier molecular flexibility index (Phi) is 3.92. The van der Waals surface area contributed by atoms with E-state index in [1.807, 2.05) is 23.9 Å². The van der Waals surface area contributed by atoms with Gasteiger partial charge in [-0.3, -0.25) is 0 Å². The van der Waals surface area contributed by atoms with Gasteiger partial charge in [0, 0.05) is 16.3 Å². The lowest BCUT2D eigenvalue weighted by atomic mass is 10.0. The summed E-state index contributed by atoms with van der Waals surface area (Å²) >= 11 is 1.95. The molecule has 0 aromatic heterocycles. The van der Waals surface area contributed by atoms with Gasteiger partial charge >= 0.3 is 0 Å². The topological polar surface area (TPSA) is 38.0 Å². The number of nitrogen functional groups attached to an aromatic ring is 1. The molecule has 3 N–H and O–H groups in total. The molecule has 2 rings (SSSR count). The fraction of sp³-hybridized carbons (Fsp3) is 0.500. The van der Waals surface area contributed by atoms with Gasteiger partial charge in [-0.1, -0.05) is 0 Å². The van der Waals surface area contributed by atoms with Crippen molar-refractivity contribution in [3.8, 4) is 0 Å². The lowest BCUT2D eigenvalue weighted by Gasteiger charge is -2.21. The van der Waals surface area contributed by atoms with Gasteiger partial charge in [-0.05, 0) is 56.1 Å². The molecule has 0 atom stereocenters. The molecule has 0 aliphatic carbocycles. The van der Waals surface area contributed by atoms with Crippen LogP contribution in [-0.2, 0) is 0 Å². The first kappa shape index (κ1) is 10.8. The van der Waals surface area contributed by atoms with Gasteiger partial charge in [-0.15, -0.1) is 11.8 Å². The lowest BCUT2D eigenvalue weighted by Crippen LogP contribution is -2.28. The van der Waals surface area contributed by atoms with Crippen molar-refractivity contribution < 1.29 is 0 Å². The SMILES string of the molecule is Nc1ccc(SCC2CCNCC2)cc1. The van der Waals surface area contributed by atoms with Crippen molar-refractivity contribution in [2.75, 3.05) is 24.6 Å². The van der Waals surface area contributed by atoms with Gasteiger partial charge in [0.1, 0.15) is 0 Å². The predicted molar refractivity (Wildman–Crippen MR) is 67.2 cm³/mol. The van der Waals surface area contributed by atoms with Gasteiger partial charge in [0.15, 0.2) is 0 Å². The summed E-state index contributed by atoms with van der Waals surface area (Å²) in [6.07, 6.45) is 2.64. The van der Waals surface area contributed by atoms with Crippen molar-refractivity contribution in [1.29, 1.82) is 0 Å². The fourth-order valence-electron chi connectivity index (χ4n) is 1.83. The molecule has 3 heteroatoms. The molecular weight excluding hydrogens is 204 g/mol. The molecule has 1 aromatic carbocycles. The van der Waals surface area contributed by atoms with E-state index in [0.717, 1.165) is 11.6 Å². The molecule has 0 bridgehead atoms. The molecule has 1 aliphatic heterocycles. The van der Waals surface area contributed by atoms with Gasteiger partial charge in [-0.25, -0.2) is 0 Å². The molecule has 0 radical (unpaired) electrons. The zero-order valence-electron chi connectivity index (χ0n) is 8.91. The first-order valence-electron chi connectivity index (χ1n) is 5.53. The van der Waals surface area contributed by atoms with Crippen LogP contribution in [0, 0.1) is 5.92 Å². The minimum Gasteiger partial charge on any atom is -0.399 e. The molecule has 0 saturated carbocycles. The maximum absolute atomic E-state index is 5.65. The number of nitrogens with two attached hydrogens (primary N) is 1. The Morgan fingerprint density at radius 3 is 2.53 bits per heavy atom. The van der Waals surface area contributed by atoms with Crippen LogP contribution < -0.4 is 11.1 Å². The molecular formula is C12H18N2S. The summed E-state index contributed by atoms with van der Waals surface area (Å²) < 4.78 is 0. The second-order valence-electron chi connectivity index (χ2n) is 4.07. The average Bonchev–Trinajstić information content (AvgIpc) is 2.30. The largest absolute Gasteiger partial charge is 0.399 e. The number of rotatable bonds is 3. The Bertz CT molecular complexity index is 291. The molecule has 1 saturated heterocycles. The van der Waals surface area contributed by atoms with Crippen LogP contribution in [0.1, 0.15) is 12.8 Å². The molecule has 1 aromatic rings. The molecule has 82 valence electrons. The normalized spacial score (nSPS) is 17.9. The first-order chi connectivity index (χ1) is 7.34. The van der Waals surface area contributed by atoms with E-state index in [2.05, 4.69) is 17.4 Å².